The molecule has 7 nitrogen and oxygen atoms in total. The lowest BCUT2D eigenvalue weighted by Gasteiger charge is -2.40. The van der Waals surface area contributed by atoms with Gasteiger partial charge in [0.25, 0.3) is 0 Å². The zero-order valence-electron chi connectivity index (χ0n) is 15.5. The first kappa shape index (κ1) is 18.1. The van der Waals surface area contributed by atoms with Gasteiger partial charge < -0.3 is 14.5 Å². The van der Waals surface area contributed by atoms with Crippen molar-refractivity contribution in [1.82, 2.24) is 19.8 Å². The number of aromatic nitrogens is 2. The van der Waals surface area contributed by atoms with E-state index >= 15 is 0 Å². The van der Waals surface area contributed by atoms with E-state index in [0.717, 1.165) is 31.6 Å². The molecule has 2 aliphatic heterocycles. The fraction of sp³-hybridized carbons (Fsp3) is 0.722. The van der Waals surface area contributed by atoms with Gasteiger partial charge in [-0.3, -0.25) is 9.69 Å². The second-order valence-corrected chi connectivity index (χ2v) is 6.96. The van der Waals surface area contributed by atoms with Gasteiger partial charge in [0.1, 0.15) is 6.10 Å². The Balaban J connectivity index is 1.70. The maximum absolute atomic E-state index is 13.1. The Morgan fingerprint density at radius 1 is 1.36 bits per heavy atom. The summed E-state index contributed by atoms with van der Waals surface area (Å²) < 4.78 is 5.90. The summed E-state index contributed by atoms with van der Waals surface area (Å²) in [5.41, 5.74) is 0.840. The van der Waals surface area contributed by atoms with E-state index in [1.54, 1.807) is 6.20 Å². The second-order valence-electron chi connectivity index (χ2n) is 6.96. The Morgan fingerprint density at radius 3 is 2.96 bits per heavy atom. The molecule has 2 unspecified atom stereocenters. The number of piperidine rings is 1. The molecule has 2 saturated heterocycles. The molecule has 0 aromatic carbocycles. The molecule has 0 bridgehead atoms. The van der Waals surface area contributed by atoms with Crippen LogP contribution in [0.5, 0.6) is 0 Å². The largest absolute Gasteiger partial charge is 0.368 e. The van der Waals surface area contributed by atoms with Crippen LogP contribution in [0, 0.1) is 0 Å². The van der Waals surface area contributed by atoms with Crippen LogP contribution in [0.4, 0.5) is 5.95 Å². The van der Waals surface area contributed by atoms with Gasteiger partial charge in [-0.2, -0.15) is 0 Å². The van der Waals surface area contributed by atoms with Gasteiger partial charge in [0, 0.05) is 26.8 Å². The number of hydrogen-bond acceptors (Lipinski definition) is 6. The number of nitrogens with zero attached hydrogens (tertiary/aromatic N) is 5. The van der Waals surface area contributed by atoms with Crippen LogP contribution >= 0.6 is 0 Å². The summed E-state index contributed by atoms with van der Waals surface area (Å²) in [5, 5.41) is 0. The molecule has 1 aromatic rings. The van der Waals surface area contributed by atoms with Crippen LogP contribution in [0.1, 0.15) is 38.0 Å². The summed E-state index contributed by atoms with van der Waals surface area (Å²) in [5.74, 6) is 0.908. The number of likely N-dealkylation sites (N-methyl/N-ethyl adjacent to an activating group) is 1. The number of carbonyl (C=O) groups excluding carboxylic acids is 1. The number of ether oxygens (including phenoxy) is 1. The van der Waals surface area contributed by atoms with E-state index in [-0.39, 0.29) is 18.1 Å². The molecule has 0 aliphatic carbocycles. The van der Waals surface area contributed by atoms with Crippen LogP contribution in [-0.4, -0.2) is 78.6 Å². The molecule has 2 atom stereocenters. The van der Waals surface area contributed by atoms with Gasteiger partial charge in [0.05, 0.1) is 24.9 Å². The molecule has 1 aromatic heterocycles. The number of amides is 1. The molecule has 3 rings (SSSR count). The third kappa shape index (κ3) is 4.10. The lowest BCUT2D eigenvalue weighted by Crippen LogP contribution is -2.53. The number of likely N-dealkylation sites (tertiary alicyclic amines) is 1. The molecule has 138 valence electrons. The van der Waals surface area contributed by atoms with Crippen LogP contribution < -0.4 is 4.90 Å². The summed E-state index contributed by atoms with van der Waals surface area (Å²) in [4.78, 5) is 28.0. The Morgan fingerprint density at radius 2 is 2.20 bits per heavy atom. The maximum atomic E-state index is 13.1. The predicted molar refractivity (Wildman–Crippen MR) is 96.5 cm³/mol. The molecule has 3 heterocycles. The fourth-order valence-corrected chi connectivity index (χ4v) is 3.64. The summed E-state index contributed by atoms with van der Waals surface area (Å²) >= 11 is 0. The Hall–Kier alpha value is -1.73. The van der Waals surface area contributed by atoms with Crippen molar-refractivity contribution in [2.45, 2.75) is 38.3 Å². The van der Waals surface area contributed by atoms with Crippen molar-refractivity contribution < 1.29 is 9.53 Å². The molecule has 1 amide bonds. The van der Waals surface area contributed by atoms with Crippen molar-refractivity contribution in [3.8, 4) is 0 Å². The highest BCUT2D eigenvalue weighted by Crippen LogP contribution is 2.25. The van der Waals surface area contributed by atoms with Gasteiger partial charge in [-0.1, -0.05) is 13.3 Å². The highest BCUT2D eigenvalue weighted by molar-refractivity contribution is 5.82. The standard InChI is InChI=1S/C18H29N5O2/c1-4-22-10-6-5-7-15(22)17(24)23-11-12-25-16(13-23)14-8-9-19-18(20-14)21(2)3/h8-9,15-16H,4-7,10-13H2,1-3H3. The minimum atomic E-state index is -0.182. The van der Waals surface area contributed by atoms with Gasteiger partial charge in [-0.05, 0) is 32.0 Å². The first-order valence-corrected chi connectivity index (χ1v) is 9.25. The van der Waals surface area contributed by atoms with Crippen LogP contribution in [0.3, 0.4) is 0 Å². The summed E-state index contributed by atoms with van der Waals surface area (Å²) in [7, 11) is 3.83. The Labute approximate surface area is 150 Å². The molecule has 0 saturated carbocycles. The number of anilines is 1. The van der Waals surface area contributed by atoms with Gasteiger partial charge in [0.15, 0.2) is 0 Å². The summed E-state index contributed by atoms with van der Waals surface area (Å²) in [6.45, 7) is 5.88. The maximum Gasteiger partial charge on any atom is 0.240 e. The molecule has 0 N–H and O–H groups in total. The lowest BCUT2D eigenvalue weighted by molar-refractivity contribution is -0.146. The van der Waals surface area contributed by atoms with Gasteiger partial charge in [-0.15, -0.1) is 0 Å². The molecule has 2 aliphatic rings. The average molecular weight is 347 g/mol. The third-order valence-electron chi connectivity index (χ3n) is 5.08. The van der Waals surface area contributed by atoms with E-state index in [1.165, 1.54) is 6.42 Å². The SMILES string of the molecule is CCN1CCCCC1C(=O)N1CCOC(c2ccnc(N(C)C)n2)C1. The minimum absolute atomic E-state index is 0.0280. The van der Waals surface area contributed by atoms with Crippen molar-refractivity contribution in [1.29, 1.82) is 0 Å². The van der Waals surface area contributed by atoms with Crippen molar-refractivity contribution in [3.05, 3.63) is 18.0 Å². The highest BCUT2D eigenvalue weighted by Gasteiger charge is 2.34. The highest BCUT2D eigenvalue weighted by atomic mass is 16.5. The number of morpholine rings is 1. The summed E-state index contributed by atoms with van der Waals surface area (Å²) in [6.07, 6.45) is 4.86. The number of rotatable bonds is 4. The van der Waals surface area contributed by atoms with E-state index in [9.17, 15) is 4.79 Å². The quantitative estimate of drug-likeness (QED) is 0.819. The smallest absolute Gasteiger partial charge is 0.240 e. The first-order valence-electron chi connectivity index (χ1n) is 9.25. The van der Waals surface area contributed by atoms with E-state index in [4.69, 9.17) is 4.74 Å². The molecule has 25 heavy (non-hydrogen) atoms. The van der Waals surface area contributed by atoms with E-state index in [2.05, 4.69) is 21.8 Å². The van der Waals surface area contributed by atoms with E-state index < -0.39 is 0 Å². The summed E-state index contributed by atoms with van der Waals surface area (Å²) in [6, 6.07) is 1.91. The average Bonchev–Trinajstić information content (AvgIpc) is 2.67. The topological polar surface area (TPSA) is 61.8 Å². The monoisotopic (exact) mass is 347 g/mol. The van der Waals surface area contributed by atoms with E-state index in [0.29, 0.717) is 25.6 Å². The normalized spacial score (nSPS) is 25.0. The van der Waals surface area contributed by atoms with Crippen LogP contribution in [0.2, 0.25) is 0 Å². The van der Waals surface area contributed by atoms with Crippen molar-refractivity contribution in [3.63, 3.8) is 0 Å². The fourth-order valence-electron chi connectivity index (χ4n) is 3.64. The molecule has 7 heteroatoms. The number of carbonyl (C=O) groups is 1. The van der Waals surface area contributed by atoms with Crippen molar-refractivity contribution in [2.24, 2.45) is 0 Å². The van der Waals surface area contributed by atoms with Gasteiger partial charge in [-0.25, -0.2) is 9.97 Å². The van der Waals surface area contributed by atoms with Crippen molar-refractivity contribution >= 4 is 11.9 Å². The van der Waals surface area contributed by atoms with Crippen molar-refractivity contribution in [2.75, 3.05) is 51.8 Å². The zero-order valence-corrected chi connectivity index (χ0v) is 15.5. The molecule has 0 radical (unpaired) electrons. The van der Waals surface area contributed by atoms with Crippen LogP contribution in [0.25, 0.3) is 0 Å². The van der Waals surface area contributed by atoms with Gasteiger partial charge >= 0.3 is 0 Å². The first-order chi connectivity index (χ1) is 12.1. The molecule has 0 spiro atoms. The molecular weight excluding hydrogens is 318 g/mol. The van der Waals surface area contributed by atoms with Gasteiger partial charge in [0.2, 0.25) is 11.9 Å². The predicted octanol–water partition coefficient (Wildman–Crippen LogP) is 1.32. The third-order valence-corrected chi connectivity index (χ3v) is 5.08. The van der Waals surface area contributed by atoms with Crippen LogP contribution in [-0.2, 0) is 9.53 Å². The number of hydrogen-bond donors (Lipinski definition) is 0. The van der Waals surface area contributed by atoms with E-state index in [1.807, 2.05) is 30.0 Å². The zero-order chi connectivity index (χ0) is 17.8. The molecule has 2 fully saturated rings. The van der Waals surface area contributed by atoms with Crippen LogP contribution in [0.15, 0.2) is 12.3 Å². The molecular formula is C18H29N5O2. The lowest BCUT2D eigenvalue weighted by atomic mass is 10.0. The Bertz CT molecular complexity index is 595. The Kier molecular flexibility index (Phi) is 5.86. The minimum Gasteiger partial charge on any atom is -0.368 e. The second kappa shape index (κ2) is 8.10.